The van der Waals surface area contributed by atoms with Gasteiger partial charge in [-0.05, 0) is 11.8 Å². The van der Waals surface area contributed by atoms with Crippen LogP contribution in [0.15, 0.2) is 21.1 Å². The predicted octanol–water partition coefficient (Wildman–Crippen LogP) is 0.898. The van der Waals surface area contributed by atoms with Crippen LogP contribution in [0.4, 0.5) is 11.9 Å². The van der Waals surface area contributed by atoms with E-state index < -0.39 is 0 Å². The monoisotopic (exact) mass is 296 g/mol. The van der Waals surface area contributed by atoms with Gasteiger partial charge in [-0.1, -0.05) is 0 Å². The van der Waals surface area contributed by atoms with Crippen molar-refractivity contribution in [1.82, 2.24) is 19.9 Å². The van der Waals surface area contributed by atoms with Gasteiger partial charge in [0.15, 0.2) is 4.34 Å². The van der Waals surface area contributed by atoms with Gasteiger partial charge in [-0.15, -0.1) is 11.3 Å². The van der Waals surface area contributed by atoms with Crippen LogP contribution in [-0.2, 0) is 4.74 Å². The zero-order valence-electron chi connectivity index (χ0n) is 10.0. The molecule has 0 spiro atoms. The van der Waals surface area contributed by atoms with Crippen molar-refractivity contribution in [3.8, 4) is 0 Å². The van der Waals surface area contributed by atoms with Gasteiger partial charge < -0.3 is 15.4 Å². The minimum absolute atomic E-state index is 0.232. The van der Waals surface area contributed by atoms with E-state index in [0.717, 1.165) is 17.4 Å². The van der Waals surface area contributed by atoms with Gasteiger partial charge in [0.2, 0.25) is 17.1 Å². The standard InChI is InChI=1S/C10H12N6OS2/c11-7-13-8(16-2-4-17-5-3-16)15-9(14-7)19-10-12-1-6-18-10/h1,6H,2-5H2,(H2,11,13,14,15). The second-order valence-electron chi connectivity index (χ2n) is 3.78. The van der Waals surface area contributed by atoms with Crippen LogP contribution in [0.2, 0.25) is 0 Å². The van der Waals surface area contributed by atoms with Gasteiger partial charge in [-0.2, -0.15) is 15.0 Å². The highest BCUT2D eigenvalue weighted by molar-refractivity contribution is 8.00. The Balaban J connectivity index is 1.82. The van der Waals surface area contributed by atoms with Crippen LogP contribution in [0.3, 0.4) is 0 Å². The smallest absolute Gasteiger partial charge is 0.231 e. The van der Waals surface area contributed by atoms with Crippen molar-refractivity contribution in [2.75, 3.05) is 36.9 Å². The topological polar surface area (TPSA) is 90.0 Å². The summed E-state index contributed by atoms with van der Waals surface area (Å²) in [7, 11) is 0. The maximum Gasteiger partial charge on any atom is 0.231 e. The first-order chi connectivity index (χ1) is 9.31. The quantitative estimate of drug-likeness (QED) is 0.893. The molecule has 0 amide bonds. The molecule has 0 bridgehead atoms. The molecular formula is C10H12N6OS2. The molecule has 3 heterocycles. The lowest BCUT2D eigenvalue weighted by atomic mass is 10.4. The van der Waals surface area contributed by atoms with E-state index in [1.807, 2.05) is 10.3 Å². The molecule has 3 rings (SSSR count). The molecule has 0 aromatic carbocycles. The molecule has 19 heavy (non-hydrogen) atoms. The van der Waals surface area contributed by atoms with Crippen LogP contribution in [-0.4, -0.2) is 46.2 Å². The van der Waals surface area contributed by atoms with Crippen molar-refractivity contribution in [2.24, 2.45) is 0 Å². The van der Waals surface area contributed by atoms with Crippen LogP contribution in [0.25, 0.3) is 0 Å². The second kappa shape index (κ2) is 5.68. The van der Waals surface area contributed by atoms with E-state index >= 15 is 0 Å². The lowest BCUT2D eigenvalue weighted by Crippen LogP contribution is -2.37. The Morgan fingerprint density at radius 2 is 2.11 bits per heavy atom. The van der Waals surface area contributed by atoms with Gasteiger partial charge >= 0.3 is 0 Å². The number of aromatic nitrogens is 4. The van der Waals surface area contributed by atoms with Crippen molar-refractivity contribution in [3.05, 3.63) is 11.6 Å². The number of thiazole rings is 1. The Labute approximate surface area is 118 Å². The molecule has 100 valence electrons. The highest BCUT2D eigenvalue weighted by Gasteiger charge is 2.16. The Bertz CT molecular complexity index is 543. The van der Waals surface area contributed by atoms with Crippen LogP contribution in [0.5, 0.6) is 0 Å². The molecule has 1 aliphatic heterocycles. The summed E-state index contributed by atoms with van der Waals surface area (Å²) in [6.07, 6.45) is 1.75. The third-order valence-electron chi connectivity index (χ3n) is 2.50. The first-order valence-electron chi connectivity index (χ1n) is 5.73. The zero-order chi connectivity index (χ0) is 13.1. The molecule has 1 fully saturated rings. The number of ether oxygens (including phenoxy) is 1. The van der Waals surface area contributed by atoms with Crippen LogP contribution < -0.4 is 10.6 Å². The fraction of sp³-hybridized carbons (Fsp3) is 0.400. The third-order valence-corrected chi connectivity index (χ3v) is 4.25. The maximum atomic E-state index is 5.74. The molecule has 0 saturated carbocycles. The molecule has 9 heteroatoms. The Morgan fingerprint density at radius 1 is 1.26 bits per heavy atom. The SMILES string of the molecule is Nc1nc(Sc2nccs2)nc(N2CCOCC2)n1. The third kappa shape index (κ3) is 3.11. The number of hydrogen-bond acceptors (Lipinski definition) is 9. The molecule has 2 N–H and O–H groups in total. The van der Waals surface area contributed by atoms with E-state index in [0.29, 0.717) is 24.3 Å². The number of rotatable bonds is 3. The van der Waals surface area contributed by atoms with Crippen LogP contribution >= 0.6 is 23.1 Å². The average molecular weight is 296 g/mol. The lowest BCUT2D eigenvalue weighted by molar-refractivity contribution is 0.122. The van der Waals surface area contributed by atoms with E-state index in [1.165, 1.54) is 11.8 Å². The van der Waals surface area contributed by atoms with E-state index in [1.54, 1.807) is 17.5 Å². The molecule has 1 aliphatic rings. The molecule has 0 atom stereocenters. The van der Waals surface area contributed by atoms with E-state index in [9.17, 15) is 0 Å². The minimum atomic E-state index is 0.232. The van der Waals surface area contributed by atoms with Gasteiger partial charge in [0.1, 0.15) is 0 Å². The largest absolute Gasteiger partial charge is 0.378 e. The molecule has 1 saturated heterocycles. The Hall–Kier alpha value is -1.45. The van der Waals surface area contributed by atoms with Gasteiger partial charge in [0.05, 0.1) is 13.2 Å². The number of nitrogens with zero attached hydrogens (tertiary/aromatic N) is 5. The molecule has 7 nitrogen and oxygen atoms in total. The van der Waals surface area contributed by atoms with Crippen molar-refractivity contribution >= 4 is 35.0 Å². The van der Waals surface area contributed by atoms with E-state index in [2.05, 4.69) is 19.9 Å². The second-order valence-corrected chi connectivity index (χ2v) is 5.88. The summed E-state index contributed by atoms with van der Waals surface area (Å²) in [6, 6.07) is 0. The average Bonchev–Trinajstić information content (AvgIpc) is 2.92. The molecule has 2 aromatic heterocycles. The summed E-state index contributed by atoms with van der Waals surface area (Å²) in [4.78, 5) is 19.0. The molecule has 2 aromatic rings. The summed E-state index contributed by atoms with van der Waals surface area (Å²) in [6.45, 7) is 2.90. The van der Waals surface area contributed by atoms with Crippen LogP contribution in [0.1, 0.15) is 0 Å². The number of anilines is 2. The molecular weight excluding hydrogens is 284 g/mol. The molecule has 0 unspecified atom stereocenters. The summed E-state index contributed by atoms with van der Waals surface area (Å²) in [5, 5.41) is 2.49. The predicted molar refractivity (Wildman–Crippen MR) is 73.5 cm³/mol. The van der Waals surface area contributed by atoms with Gasteiger partial charge in [-0.3, -0.25) is 0 Å². The summed E-state index contributed by atoms with van der Waals surface area (Å²) in [5.41, 5.74) is 5.74. The number of nitrogens with two attached hydrogens (primary N) is 1. The minimum Gasteiger partial charge on any atom is -0.378 e. The number of hydrogen-bond donors (Lipinski definition) is 1. The fourth-order valence-corrected chi connectivity index (χ4v) is 3.13. The van der Waals surface area contributed by atoms with Gasteiger partial charge in [0.25, 0.3) is 0 Å². The molecule has 0 aliphatic carbocycles. The number of morpholine rings is 1. The molecule has 0 radical (unpaired) electrons. The van der Waals surface area contributed by atoms with Crippen molar-refractivity contribution in [1.29, 1.82) is 0 Å². The van der Waals surface area contributed by atoms with Crippen molar-refractivity contribution in [3.63, 3.8) is 0 Å². The number of nitrogen functional groups attached to an aromatic ring is 1. The Morgan fingerprint density at radius 3 is 2.84 bits per heavy atom. The van der Waals surface area contributed by atoms with Crippen molar-refractivity contribution in [2.45, 2.75) is 9.50 Å². The highest BCUT2D eigenvalue weighted by Crippen LogP contribution is 2.27. The maximum absolute atomic E-state index is 5.74. The van der Waals surface area contributed by atoms with E-state index in [-0.39, 0.29) is 5.95 Å². The zero-order valence-corrected chi connectivity index (χ0v) is 11.7. The summed E-state index contributed by atoms with van der Waals surface area (Å²) in [5.74, 6) is 0.838. The lowest BCUT2D eigenvalue weighted by Gasteiger charge is -2.26. The Kier molecular flexibility index (Phi) is 3.76. The summed E-state index contributed by atoms with van der Waals surface area (Å²) < 4.78 is 6.20. The highest BCUT2D eigenvalue weighted by atomic mass is 32.2. The fourth-order valence-electron chi connectivity index (χ4n) is 1.65. The van der Waals surface area contributed by atoms with Crippen molar-refractivity contribution < 1.29 is 4.74 Å². The summed E-state index contributed by atoms with van der Waals surface area (Å²) >= 11 is 2.94. The van der Waals surface area contributed by atoms with Gasteiger partial charge in [-0.25, -0.2) is 4.98 Å². The first kappa shape index (κ1) is 12.6. The normalized spacial score (nSPS) is 15.7. The van der Waals surface area contributed by atoms with Gasteiger partial charge in [0, 0.05) is 24.7 Å². The first-order valence-corrected chi connectivity index (χ1v) is 7.42. The van der Waals surface area contributed by atoms with E-state index in [4.69, 9.17) is 10.5 Å². The van der Waals surface area contributed by atoms with Crippen LogP contribution in [0, 0.1) is 0 Å².